The number of carbonyl (C=O) groups excluding carboxylic acids is 1. The summed E-state index contributed by atoms with van der Waals surface area (Å²) in [5, 5.41) is 7.00. The molecule has 5 nitrogen and oxygen atoms in total. The van der Waals surface area contributed by atoms with Gasteiger partial charge in [-0.25, -0.2) is 0 Å². The summed E-state index contributed by atoms with van der Waals surface area (Å²) in [4.78, 5) is 12.2. The van der Waals surface area contributed by atoms with Crippen molar-refractivity contribution in [2.45, 2.75) is 44.7 Å². The zero-order chi connectivity index (χ0) is 13.2. The molecule has 0 aliphatic heterocycles. The van der Waals surface area contributed by atoms with Gasteiger partial charge >= 0.3 is 0 Å². The Bertz CT molecular complexity index is 428. The molecule has 1 heterocycles. The highest BCUT2D eigenvalue weighted by Gasteiger charge is 2.37. The smallest absolute Gasteiger partial charge is 0.240 e. The SMILES string of the molecule is CC1CCCC(N)(C(=O)NCc2ccnn2C)C1. The number of nitrogens with two attached hydrogens (primary N) is 1. The van der Waals surface area contributed by atoms with Crippen LogP contribution in [0, 0.1) is 5.92 Å². The normalized spacial score (nSPS) is 28.1. The van der Waals surface area contributed by atoms with Crippen molar-refractivity contribution >= 4 is 5.91 Å². The monoisotopic (exact) mass is 250 g/mol. The molecule has 1 fully saturated rings. The van der Waals surface area contributed by atoms with Crippen molar-refractivity contribution in [3.05, 3.63) is 18.0 Å². The Labute approximate surface area is 108 Å². The molecule has 0 radical (unpaired) electrons. The number of aryl methyl sites for hydroxylation is 1. The van der Waals surface area contributed by atoms with E-state index in [9.17, 15) is 4.79 Å². The highest BCUT2D eigenvalue weighted by atomic mass is 16.2. The molecule has 1 amide bonds. The van der Waals surface area contributed by atoms with Gasteiger partial charge in [-0.15, -0.1) is 0 Å². The van der Waals surface area contributed by atoms with Gasteiger partial charge in [-0.1, -0.05) is 19.8 Å². The van der Waals surface area contributed by atoms with E-state index in [4.69, 9.17) is 5.73 Å². The van der Waals surface area contributed by atoms with E-state index in [0.29, 0.717) is 12.5 Å². The molecule has 5 heteroatoms. The lowest BCUT2D eigenvalue weighted by Gasteiger charge is -2.35. The predicted molar refractivity (Wildman–Crippen MR) is 69.6 cm³/mol. The minimum absolute atomic E-state index is 0.0322. The van der Waals surface area contributed by atoms with Crippen molar-refractivity contribution in [1.82, 2.24) is 15.1 Å². The highest BCUT2D eigenvalue weighted by molar-refractivity contribution is 5.86. The van der Waals surface area contributed by atoms with E-state index in [-0.39, 0.29) is 5.91 Å². The molecule has 0 saturated heterocycles. The first kappa shape index (κ1) is 13.1. The molecule has 2 unspecified atom stereocenters. The topological polar surface area (TPSA) is 72.9 Å². The maximum Gasteiger partial charge on any atom is 0.240 e. The van der Waals surface area contributed by atoms with E-state index in [2.05, 4.69) is 17.3 Å². The average molecular weight is 250 g/mol. The molecule has 3 N–H and O–H groups in total. The van der Waals surface area contributed by atoms with Crippen molar-refractivity contribution in [3.8, 4) is 0 Å². The number of nitrogens with zero attached hydrogens (tertiary/aromatic N) is 2. The summed E-state index contributed by atoms with van der Waals surface area (Å²) in [6.45, 7) is 2.65. The van der Waals surface area contributed by atoms with Gasteiger partial charge in [0.15, 0.2) is 0 Å². The van der Waals surface area contributed by atoms with Gasteiger partial charge in [-0.2, -0.15) is 5.10 Å². The number of hydrogen-bond donors (Lipinski definition) is 2. The maximum atomic E-state index is 12.2. The zero-order valence-electron chi connectivity index (χ0n) is 11.1. The Morgan fingerprint density at radius 2 is 2.50 bits per heavy atom. The lowest BCUT2D eigenvalue weighted by Crippen LogP contribution is -2.56. The second-order valence-electron chi connectivity index (χ2n) is 5.49. The molecule has 1 aliphatic rings. The fourth-order valence-corrected chi connectivity index (χ4v) is 2.72. The maximum absolute atomic E-state index is 12.2. The van der Waals surface area contributed by atoms with Crippen LogP contribution in [0.5, 0.6) is 0 Å². The van der Waals surface area contributed by atoms with Crippen LogP contribution < -0.4 is 11.1 Å². The van der Waals surface area contributed by atoms with Crippen LogP contribution >= 0.6 is 0 Å². The van der Waals surface area contributed by atoms with Gasteiger partial charge in [0.1, 0.15) is 0 Å². The number of amides is 1. The van der Waals surface area contributed by atoms with Crippen LogP contribution in [0.2, 0.25) is 0 Å². The van der Waals surface area contributed by atoms with Crippen LogP contribution in [-0.4, -0.2) is 21.2 Å². The molecule has 1 aliphatic carbocycles. The number of aromatic nitrogens is 2. The molecule has 100 valence electrons. The second-order valence-corrected chi connectivity index (χ2v) is 5.49. The van der Waals surface area contributed by atoms with Crippen molar-refractivity contribution in [1.29, 1.82) is 0 Å². The lowest BCUT2D eigenvalue weighted by atomic mass is 9.76. The first-order valence-corrected chi connectivity index (χ1v) is 6.55. The summed E-state index contributed by atoms with van der Waals surface area (Å²) in [7, 11) is 1.86. The molecule has 2 atom stereocenters. The Morgan fingerprint density at radius 1 is 1.72 bits per heavy atom. The summed E-state index contributed by atoms with van der Waals surface area (Å²) >= 11 is 0. The third-order valence-corrected chi connectivity index (χ3v) is 3.84. The molecule has 1 aromatic heterocycles. The number of carbonyl (C=O) groups is 1. The molecule has 18 heavy (non-hydrogen) atoms. The summed E-state index contributed by atoms with van der Waals surface area (Å²) in [6, 6.07) is 1.90. The van der Waals surface area contributed by atoms with E-state index >= 15 is 0 Å². The minimum atomic E-state index is -0.684. The van der Waals surface area contributed by atoms with Gasteiger partial charge in [0.2, 0.25) is 5.91 Å². The summed E-state index contributed by atoms with van der Waals surface area (Å²) in [5.41, 5.74) is 6.53. The molecule has 1 saturated carbocycles. The molecule has 1 aromatic rings. The van der Waals surface area contributed by atoms with Crippen LogP contribution in [0.1, 0.15) is 38.3 Å². The highest BCUT2D eigenvalue weighted by Crippen LogP contribution is 2.30. The van der Waals surface area contributed by atoms with E-state index in [1.54, 1.807) is 10.9 Å². The molecule has 0 aromatic carbocycles. The number of hydrogen-bond acceptors (Lipinski definition) is 3. The van der Waals surface area contributed by atoms with Gasteiger partial charge in [-0.3, -0.25) is 9.48 Å². The molecule has 0 bridgehead atoms. The molecule has 0 spiro atoms. The Balaban J connectivity index is 1.93. The van der Waals surface area contributed by atoms with E-state index in [1.807, 2.05) is 13.1 Å². The van der Waals surface area contributed by atoms with Crippen molar-refractivity contribution in [3.63, 3.8) is 0 Å². The van der Waals surface area contributed by atoms with Crippen molar-refractivity contribution in [2.75, 3.05) is 0 Å². The number of rotatable bonds is 3. The van der Waals surface area contributed by atoms with Crippen molar-refractivity contribution in [2.24, 2.45) is 18.7 Å². The van der Waals surface area contributed by atoms with Gasteiger partial charge in [0.05, 0.1) is 17.8 Å². The largest absolute Gasteiger partial charge is 0.349 e. The third-order valence-electron chi connectivity index (χ3n) is 3.84. The van der Waals surface area contributed by atoms with E-state index in [0.717, 1.165) is 25.0 Å². The zero-order valence-corrected chi connectivity index (χ0v) is 11.1. The van der Waals surface area contributed by atoms with Crippen LogP contribution in [0.4, 0.5) is 0 Å². The summed E-state index contributed by atoms with van der Waals surface area (Å²) < 4.78 is 1.76. The first-order chi connectivity index (χ1) is 8.51. The molecule has 2 rings (SSSR count). The van der Waals surface area contributed by atoms with Crippen LogP contribution in [-0.2, 0) is 18.4 Å². The van der Waals surface area contributed by atoms with Crippen LogP contribution in [0.25, 0.3) is 0 Å². The Kier molecular flexibility index (Phi) is 3.71. The van der Waals surface area contributed by atoms with E-state index < -0.39 is 5.54 Å². The quantitative estimate of drug-likeness (QED) is 0.838. The third kappa shape index (κ3) is 2.72. The average Bonchev–Trinajstić information content (AvgIpc) is 2.71. The molecular weight excluding hydrogens is 228 g/mol. The van der Waals surface area contributed by atoms with Gasteiger partial charge in [0.25, 0.3) is 0 Å². The van der Waals surface area contributed by atoms with Crippen LogP contribution in [0.15, 0.2) is 12.3 Å². The first-order valence-electron chi connectivity index (χ1n) is 6.55. The van der Waals surface area contributed by atoms with Gasteiger partial charge in [0, 0.05) is 13.2 Å². The van der Waals surface area contributed by atoms with E-state index in [1.165, 1.54) is 6.42 Å². The fourth-order valence-electron chi connectivity index (χ4n) is 2.72. The fraction of sp³-hybridized carbons (Fsp3) is 0.692. The Hall–Kier alpha value is -1.36. The molecular formula is C13H22N4O. The summed E-state index contributed by atoms with van der Waals surface area (Å²) in [6.07, 6.45) is 5.51. The van der Waals surface area contributed by atoms with Crippen molar-refractivity contribution < 1.29 is 4.79 Å². The van der Waals surface area contributed by atoms with Crippen LogP contribution in [0.3, 0.4) is 0 Å². The second kappa shape index (κ2) is 5.10. The standard InChI is InChI=1S/C13H22N4O/c1-10-4-3-6-13(14,8-10)12(18)15-9-11-5-7-16-17(11)2/h5,7,10H,3-4,6,8-9,14H2,1-2H3,(H,15,18). The lowest BCUT2D eigenvalue weighted by molar-refractivity contribution is -0.128. The summed E-state index contributed by atoms with van der Waals surface area (Å²) in [5.74, 6) is 0.501. The van der Waals surface area contributed by atoms with Gasteiger partial charge in [-0.05, 0) is 24.8 Å². The predicted octanol–water partition coefficient (Wildman–Crippen LogP) is 0.944. The minimum Gasteiger partial charge on any atom is -0.349 e. The number of nitrogens with one attached hydrogen (secondary N) is 1. The van der Waals surface area contributed by atoms with Gasteiger partial charge < -0.3 is 11.1 Å². The Morgan fingerprint density at radius 3 is 3.11 bits per heavy atom.